The molecule has 3 aromatic carbocycles. The topological polar surface area (TPSA) is 66.5 Å². The van der Waals surface area contributed by atoms with Gasteiger partial charge in [-0.15, -0.1) is 23.2 Å². The molecule has 3 aliphatic carbocycles. The third-order valence-corrected chi connectivity index (χ3v) is 8.44. The first-order chi connectivity index (χ1) is 15.8. The summed E-state index contributed by atoms with van der Waals surface area (Å²) in [6.45, 7) is 0. The van der Waals surface area contributed by atoms with Crippen molar-refractivity contribution in [3.05, 3.63) is 106 Å². The minimum absolute atomic E-state index is 0.255. The summed E-state index contributed by atoms with van der Waals surface area (Å²) >= 11 is 20.6. The van der Waals surface area contributed by atoms with Crippen LogP contribution >= 0.6 is 34.8 Å². The molecule has 1 aliphatic heterocycles. The third-order valence-electron chi connectivity index (χ3n) is 6.91. The van der Waals surface area contributed by atoms with Crippen molar-refractivity contribution in [1.29, 1.82) is 0 Å². The number of rotatable bonds is 2. The van der Waals surface area contributed by atoms with Crippen LogP contribution in [0.15, 0.2) is 72.8 Å². The van der Waals surface area contributed by atoms with E-state index in [1.54, 1.807) is 12.1 Å². The van der Waals surface area contributed by atoms with E-state index < -0.39 is 39.3 Å². The fraction of sp³-hybridized carbons (Fsp3) is 0.160. The molecule has 3 aromatic rings. The summed E-state index contributed by atoms with van der Waals surface area (Å²) in [4.78, 5) is 37.5. The molecule has 0 spiro atoms. The first kappa shape index (κ1) is 20.7. The minimum Gasteiger partial charge on any atom is -0.272 e. The van der Waals surface area contributed by atoms with Gasteiger partial charge in [0.2, 0.25) is 0 Å². The number of amides is 3. The van der Waals surface area contributed by atoms with E-state index in [-0.39, 0.29) is 5.56 Å². The van der Waals surface area contributed by atoms with E-state index in [0.29, 0.717) is 27.3 Å². The van der Waals surface area contributed by atoms with Crippen LogP contribution in [0.4, 0.5) is 0 Å². The molecule has 33 heavy (non-hydrogen) atoms. The molecule has 1 heterocycles. The van der Waals surface area contributed by atoms with Crippen LogP contribution in [0.1, 0.15) is 32.6 Å². The highest BCUT2D eigenvalue weighted by Crippen LogP contribution is 2.69. The fourth-order valence-corrected chi connectivity index (χ4v) is 6.77. The summed E-state index contributed by atoms with van der Waals surface area (Å²) in [5, 5.41) is 1.24. The maximum Gasteiger partial charge on any atom is 0.270 e. The van der Waals surface area contributed by atoms with Crippen LogP contribution < -0.4 is 5.43 Å². The smallest absolute Gasteiger partial charge is 0.270 e. The van der Waals surface area contributed by atoms with Crippen molar-refractivity contribution in [3.8, 4) is 0 Å². The third kappa shape index (κ3) is 2.47. The molecule has 0 unspecified atom stereocenters. The van der Waals surface area contributed by atoms with Crippen LogP contribution in [-0.2, 0) is 19.3 Å². The van der Waals surface area contributed by atoms with Crippen LogP contribution in [0.2, 0.25) is 5.02 Å². The highest BCUT2D eigenvalue weighted by Gasteiger charge is 2.73. The van der Waals surface area contributed by atoms with E-state index in [4.69, 9.17) is 34.8 Å². The van der Waals surface area contributed by atoms with Gasteiger partial charge in [-0.1, -0.05) is 60.1 Å². The molecular formula is C25H15Cl3N2O3. The van der Waals surface area contributed by atoms with Crippen molar-refractivity contribution in [3.63, 3.8) is 0 Å². The van der Waals surface area contributed by atoms with Gasteiger partial charge < -0.3 is 0 Å². The molecule has 0 radical (unpaired) electrons. The predicted octanol–water partition coefficient (Wildman–Crippen LogP) is 4.58. The Morgan fingerprint density at radius 1 is 0.727 bits per heavy atom. The minimum atomic E-state index is -1.29. The fourth-order valence-electron chi connectivity index (χ4n) is 5.54. The van der Waals surface area contributed by atoms with Gasteiger partial charge >= 0.3 is 0 Å². The van der Waals surface area contributed by atoms with Gasteiger partial charge in [0.15, 0.2) is 0 Å². The lowest BCUT2D eigenvalue weighted by Gasteiger charge is -2.54. The largest absolute Gasteiger partial charge is 0.272 e. The Kier molecular flexibility index (Phi) is 4.29. The quantitative estimate of drug-likeness (QED) is 0.416. The molecule has 1 N–H and O–H groups in total. The van der Waals surface area contributed by atoms with Crippen LogP contribution in [0.3, 0.4) is 0 Å². The van der Waals surface area contributed by atoms with Gasteiger partial charge in [-0.2, -0.15) is 5.01 Å². The SMILES string of the molecule is O=C(NN1C(=O)[C@@H]2[C@@H](C1=O)C1(Cl)c3ccccc3C2(Cl)c2ccccc21)c1ccc(Cl)cc1. The summed E-state index contributed by atoms with van der Waals surface area (Å²) in [6.07, 6.45) is 0. The standard InChI is InChI=1S/C25H15Cl3N2O3/c26-14-11-9-13(10-12-14)21(31)29-30-22(32)19-20(23(30)33)25(28)16-6-2-1-5-15(16)24(19,27)17-7-3-4-8-18(17)25/h1-12,19-20H,(H,29,31)/t19-,20-,24?,25?/m0/s1. The Labute approximate surface area is 204 Å². The Hall–Kier alpha value is -2.86. The molecule has 3 amide bonds. The number of benzene rings is 3. The van der Waals surface area contributed by atoms with Crippen molar-refractivity contribution < 1.29 is 14.4 Å². The summed E-state index contributed by atoms with van der Waals surface area (Å²) in [7, 11) is 0. The first-order valence-corrected chi connectivity index (χ1v) is 11.4. The van der Waals surface area contributed by atoms with E-state index in [2.05, 4.69) is 5.43 Å². The number of hydrogen-bond acceptors (Lipinski definition) is 3. The van der Waals surface area contributed by atoms with Gasteiger partial charge in [0.05, 0.1) is 11.8 Å². The molecule has 8 heteroatoms. The Morgan fingerprint density at radius 3 is 1.52 bits per heavy atom. The summed E-state index contributed by atoms with van der Waals surface area (Å²) in [6, 6.07) is 20.9. The number of alkyl halides is 2. The Morgan fingerprint density at radius 2 is 1.12 bits per heavy atom. The maximum absolute atomic E-state index is 13.7. The number of nitrogens with one attached hydrogen (secondary N) is 1. The number of halogens is 3. The van der Waals surface area contributed by atoms with Crippen molar-refractivity contribution in [2.75, 3.05) is 0 Å². The number of carbonyl (C=O) groups excluding carboxylic acids is 3. The molecular weight excluding hydrogens is 483 g/mol. The molecule has 7 rings (SSSR count). The van der Waals surface area contributed by atoms with E-state index in [1.807, 2.05) is 48.5 Å². The van der Waals surface area contributed by atoms with Gasteiger partial charge in [0.1, 0.15) is 9.75 Å². The molecule has 0 aromatic heterocycles. The number of hydrazine groups is 1. The van der Waals surface area contributed by atoms with Gasteiger partial charge in [-0.05, 0) is 46.5 Å². The number of nitrogens with zero attached hydrogens (tertiary/aromatic N) is 1. The molecule has 5 nitrogen and oxygen atoms in total. The average Bonchev–Trinajstić information content (AvgIpc) is 3.09. The average molecular weight is 498 g/mol. The Balaban J connectivity index is 1.49. The van der Waals surface area contributed by atoms with Gasteiger partial charge in [0, 0.05) is 10.6 Å². The summed E-state index contributed by atoms with van der Waals surface area (Å²) < 4.78 is 0. The molecule has 2 atom stereocenters. The molecule has 0 saturated carbocycles. The van der Waals surface area contributed by atoms with Crippen LogP contribution in [0.25, 0.3) is 0 Å². The zero-order chi connectivity index (χ0) is 23.1. The van der Waals surface area contributed by atoms with Crippen molar-refractivity contribution >= 4 is 52.5 Å². The highest BCUT2D eigenvalue weighted by atomic mass is 35.5. The lowest BCUT2D eigenvalue weighted by molar-refractivity contribution is -0.142. The monoisotopic (exact) mass is 496 g/mol. The van der Waals surface area contributed by atoms with Crippen molar-refractivity contribution in [1.82, 2.24) is 10.4 Å². The van der Waals surface area contributed by atoms with Crippen LogP contribution in [-0.4, -0.2) is 22.7 Å². The zero-order valence-corrected chi connectivity index (χ0v) is 19.2. The van der Waals surface area contributed by atoms with Crippen molar-refractivity contribution in [2.24, 2.45) is 11.8 Å². The number of imide groups is 1. The second-order valence-electron chi connectivity index (χ2n) is 8.43. The molecule has 164 valence electrons. The van der Waals surface area contributed by atoms with Gasteiger partial charge in [0.25, 0.3) is 17.7 Å². The molecule has 2 bridgehead atoms. The molecule has 1 fully saturated rings. The maximum atomic E-state index is 13.7. The van der Waals surface area contributed by atoms with Crippen LogP contribution in [0, 0.1) is 11.8 Å². The van der Waals surface area contributed by atoms with Gasteiger partial charge in [-0.3, -0.25) is 19.8 Å². The summed E-state index contributed by atoms with van der Waals surface area (Å²) in [5.74, 6) is -3.73. The first-order valence-electron chi connectivity index (χ1n) is 10.3. The van der Waals surface area contributed by atoms with Gasteiger partial charge in [-0.25, -0.2) is 0 Å². The van der Waals surface area contributed by atoms with Crippen molar-refractivity contribution in [2.45, 2.75) is 9.75 Å². The lowest BCUT2D eigenvalue weighted by Crippen LogP contribution is -2.57. The van der Waals surface area contributed by atoms with E-state index in [0.717, 1.165) is 5.01 Å². The zero-order valence-electron chi connectivity index (χ0n) is 16.9. The number of hydrogen-bond donors (Lipinski definition) is 1. The number of carbonyl (C=O) groups is 3. The van der Waals surface area contributed by atoms with E-state index in [9.17, 15) is 14.4 Å². The highest BCUT2D eigenvalue weighted by molar-refractivity contribution is 6.36. The second kappa shape index (κ2) is 6.83. The Bertz CT molecular complexity index is 1250. The molecule has 4 aliphatic rings. The predicted molar refractivity (Wildman–Crippen MR) is 124 cm³/mol. The second-order valence-corrected chi connectivity index (χ2v) is 10.1. The normalized spacial score (nSPS) is 28.9. The van der Waals surface area contributed by atoms with E-state index >= 15 is 0 Å². The van der Waals surface area contributed by atoms with Crippen LogP contribution in [0.5, 0.6) is 0 Å². The van der Waals surface area contributed by atoms with E-state index in [1.165, 1.54) is 12.1 Å². The summed E-state index contributed by atoms with van der Waals surface area (Å²) in [5.41, 5.74) is 5.53. The lowest BCUT2D eigenvalue weighted by atomic mass is 9.54. The molecule has 1 saturated heterocycles.